The summed E-state index contributed by atoms with van der Waals surface area (Å²) in [6, 6.07) is 13.2. The van der Waals surface area contributed by atoms with Gasteiger partial charge in [0.1, 0.15) is 0 Å². The first-order chi connectivity index (χ1) is 11.0. The molecule has 2 aromatic carbocycles. The molecule has 2 rings (SSSR count). The van der Waals surface area contributed by atoms with Crippen LogP contribution in [0.1, 0.15) is 21.5 Å². The number of amides is 1. The van der Waals surface area contributed by atoms with Crippen LogP contribution in [0.25, 0.3) is 0 Å². The Morgan fingerprint density at radius 2 is 1.84 bits per heavy atom. The number of halogens is 2. The average molecular weight is 402 g/mol. The summed E-state index contributed by atoms with van der Waals surface area (Å²) in [4.78, 5) is 12.4. The Kier molecular flexibility index (Phi) is 10.6. The van der Waals surface area contributed by atoms with E-state index in [0.717, 1.165) is 22.5 Å². The minimum absolute atomic E-state index is 0. The zero-order chi connectivity index (χ0) is 16.8. The molecule has 1 amide bonds. The molecular weight excluding hydrogens is 377 g/mol. The molecule has 1 unspecified atom stereocenters. The minimum Gasteiger partial charge on any atom is -0.383 e. The zero-order valence-electron chi connectivity index (χ0n) is 14.3. The third kappa shape index (κ3) is 6.78. The van der Waals surface area contributed by atoms with Gasteiger partial charge in [-0.05, 0) is 49.2 Å². The monoisotopic (exact) mass is 401 g/mol. The van der Waals surface area contributed by atoms with Gasteiger partial charge in [0.15, 0.2) is 0 Å². The topological polar surface area (TPSA) is 67.2 Å². The Hall–Kier alpha value is -1.40. The molecule has 4 N–H and O–H groups in total. The lowest BCUT2D eigenvalue weighted by atomic mass is 10.1. The van der Waals surface area contributed by atoms with E-state index in [1.54, 1.807) is 6.07 Å². The number of thiol groups is 1. The van der Waals surface area contributed by atoms with Gasteiger partial charge in [0.2, 0.25) is 0 Å². The summed E-state index contributed by atoms with van der Waals surface area (Å²) >= 11 is 4.16. The van der Waals surface area contributed by atoms with Crippen LogP contribution in [0.2, 0.25) is 0 Å². The summed E-state index contributed by atoms with van der Waals surface area (Å²) in [5.74, 6) is 0.487. The van der Waals surface area contributed by atoms with Crippen molar-refractivity contribution in [3.63, 3.8) is 0 Å². The smallest absolute Gasteiger partial charge is 0.255 e. The fourth-order valence-electron chi connectivity index (χ4n) is 2.16. The third-order valence-electron chi connectivity index (χ3n) is 3.78. The van der Waals surface area contributed by atoms with Crippen molar-refractivity contribution in [1.82, 2.24) is 0 Å². The van der Waals surface area contributed by atoms with E-state index in [2.05, 4.69) is 23.3 Å². The van der Waals surface area contributed by atoms with Crippen molar-refractivity contribution in [3.8, 4) is 0 Å². The number of rotatable bonds is 6. The van der Waals surface area contributed by atoms with E-state index >= 15 is 0 Å². The molecule has 0 radical (unpaired) electrons. The summed E-state index contributed by atoms with van der Waals surface area (Å²) in [7, 11) is 0. The SMILES string of the molecule is Cc1cccc(NC(=O)c2cccc(NCC(N)CS)c2)c1C.Cl.Cl. The molecule has 0 fully saturated rings. The molecule has 0 spiro atoms. The normalized spacial score (nSPS) is 10.9. The van der Waals surface area contributed by atoms with Crippen molar-refractivity contribution in [2.24, 2.45) is 5.73 Å². The molecule has 0 heterocycles. The molecule has 25 heavy (non-hydrogen) atoms. The number of carbonyl (C=O) groups is 1. The van der Waals surface area contributed by atoms with Gasteiger partial charge in [-0.1, -0.05) is 18.2 Å². The maximum absolute atomic E-state index is 12.4. The maximum Gasteiger partial charge on any atom is 0.255 e. The number of hydrogen-bond acceptors (Lipinski definition) is 4. The highest BCUT2D eigenvalue weighted by molar-refractivity contribution is 7.80. The van der Waals surface area contributed by atoms with E-state index in [1.165, 1.54) is 0 Å². The van der Waals surface area contributed by atoms with Crippen LogP contribution in [-0.2, 0) is 0 Å². The molecule has 138 valence electrons. The van der Waals surface area contributed by atoms with Crippen molar-refractivity contribution in [2.45, 2.75) is 19.9 Å². The predicted octanol–water partition coefficient (Wildman–Crippen LogP) is 4.07. The van der Waals surface area contributed by atoms with E-state index in [4.69, 9.17) is 5.73 Å². The molecule has 0 aromatic heterocycles. The van der Waals surface area contributed by atoms with Gasteiger partial charge in [-0.2, -0.15) is 12.6 Å². The van der Waals surface area contributed by atoms with Crippen LogP contribution in [0.15, 0.2) is 42.5 Å². The quantitative estimate of drug-likeness (QED) is 0.551. The first-order valence-electron chi connectivity index (χ1n) is 7.59. The third-order valence-corrected chi connectivity index (χ3v) is 4.25. The first-order valence-corrected chi connectivity index (χ1v) is 8.22. The van der Waals surface area contributed by atoms with E-state index in [0.29, 0.717) is 17.9 Å². The van der Waals surface area contributed by atoms with Crippen LogP contribution in [0.3, 0.4) is 0 Å². The van der Waals surface area contributed by atoms with E-state index in [9.17, 15) is 4.79 Å². The highest BCUT2D eigenvalue weighted by atomic mass is 35.5. The highest BCUT2D eigenvalue weighted by Gasteiger charge is 2.09. The molecule has 0 saturated heterocycles. The van der Waals surface area contributed by atoms with Gasteiger partial charge >= 0.3 is 0 Å². The van der Waals surface area contributed by atoms with E-state index in [1.807, 2.05) is 50.2 Å². The lowest BCUT2D eigenvalue weighted by Gasteiger charge is -2.13. The van der Waals surface area contributed by atoms with E-state index in [-0.39, 0.29) is 36.8 Å². The summed E-state index contributed by atoms with van der Waals surface area (Å²) in [5.41, 5.74) is 10.4. The number of carbonyl (C=O) groups excluding carboxylic acids is 1. The van der Waals surface area contributed by atoms with Crippen molar-refractivity contribution >= 4 is 54.7 Å². The lowest BCUT2D eigenvalue weighted by molar-refractivity contribution is 0.102. The number of nitrogens with one attached hydrogen (secondary N) is 2. The number of anilines is 2. The number of benzene rings is 2. The van der Waals surface area contributed by atoms with Crippen molar-refractivity contribution in [1.29, 1.82) is 0 Å². The summed E-state index contributed by atoms with van der Waals surface area (Å²) in [6.45, 7) is 4.65. The maximum atomic E-state index is 12.4. The Morgan fingerprint density at radius 1 is 1.16 bits per heavy atom. The lowest BCUT2D eigenvalue weighted by Crippen LogP contribution is -2.30. The first kappa shape index (κ1) is 23.6. The van der Waals surface area contributed by atoms with Gasteiger partial charge < -0.3 is 16.4 Å². The Labute approximate surface area is 167 Å². The summed E-state index contributed by atoms with van der Waals surface area (Å²) in [5, 5.41) is 6.19. The van der Waals surface area contributed by atoms with Crippen molar-refractivity contribution in [2.75, 3.05) is 22.9 Å². The van der Waals surface area contributed by atoms with Crippen molar-refractivity contribution in [3.05, 3.63) is 59.2 Å². The Balaban J connectivity index is 0.00000288. The van der Waals surface area contributed by atoms with Crippen LogP contribution in [-0.4, -0.2) is 24.2 Å². The molecule has 7 heteroatoms. The molecule has 0 saturated carbocycles. The van der Waals surface area contributed by atoms with Crippen LogP contribution in [0, 0.1) is 13.8 Å². The number of aryl methyl sites for hydroxylation is 1. The van der Waals surface area contributed by atoms with Gasteiger partial charge in [-0.15, -0.1) is 24.8 Å². The molecule has 0 aliphatic rings. The number of nitrogens with two attached hydrogens (primary N) is 1. The van der Waals surface area contributed by atoms with Crippen molar-refractivity contribution < 1.29 is 4.79 Å². The fourth-order valence-corrected chi connectivity index (χ4v) is 2.29. The fraction of sp³-hybridized carbons (Fsp3) is 0.278. The second-order valence-electron chi connectivity index (χ2n) is 5.61. The van der Waals surface area contributed by atoms with Gasteiger partial charge in [0, 0.05) is 35.3 Å². The highest BCUT2D eigenvalue weighted by Crippen LogP contribution is 2.19. The van der Waals surface area contributed by atoms with Gasteiger partial charge in [-0.3, -0.25) is 4.79 Å². The van der Waals surface area contributed by atoms with E-state index < -0.39 is 0 Å². The second kappa shape index (κ2) is 11.3. The molecule has 2 aromatic rings. The summed E-state index contributed by atoms with van der Waals surface area (Å²) < 4.78 is 0. The van der Waals surface area contributed by atoms with Crippen LogP contribution < -0.4 is 16.4 Å². The molecule has 0 bridgehead atoms. The second-order valence-corrected chi connectivity index (χ2v) is 5.97. The van der Waals surface area contributed by atoms with Gasteiger partial charge in [-0.25, -0.2) is 0 Å². The average Bonchev–Trinajstić information content (AvgIpc) is 2.57. The molecular formula is C18H25Cl2N3OS. The number of hydrogen-bond donors (Lipinski definition) is 4. The van der Waals surface area contributed by atoms with Crippen LogP contribution in [0.4, 0.5) is 11.4 Å². The standard InChI is InChI=1S/C18H23N3OS.2ClH/c1-12-5-3-8-17(13(12)2)21-18(22)14-6-4-7-16(9-14)20-10-15(19)11-23;;/h3-9,15,20,23H,10-11,19H2,1-2H3,(H,21,22);2*1H. The molecule has 1 atom stereocenters. The Bertz CT molecular complexity index is 698. The molecule has 0 aliphatic heterocycles. The minimum atomic E-state index is -0.124. The zero-order valence-corrected chi connectivity index (χ0v) is 16.8. The largest absolute Gasteiger partial charge is 0.383 e. The van der Waals surface area contributed by atoms with Gasteiger partial charge in [0.05, 0.1) is 0 Å². The summed E-state index contributed by atoms with van der Waals surface area (Å²) in [6.07, 6.45) is 0. The van der Waals surface area contributed by atoms with Crippen LogP contribution in [0.5, 0.6) is 0 Å². The predicted molar refractivity (Wildman–Crippen MR) is 115 cm³/mol. The molecule has 0 aliphatic carbocycles. The Morgan fingerprint density at radius 3 is 2.52 bits per heavy atom. The van der Waals surface area contributed by atoms with Gasteiger partial charge in [0.25, 0.3) is 5.91 Å². The molecule has 4 nitrogen and oxygen atoms in total. The van der Waals surface area contributed by atoms with Crippen LogP contribution >= 0.6 is 37.4 Å².